The van der Waals surface area contributed by atoms with Crippen molar-refractivity contribution in [2.75, 3.05) is 18.0 Å². The lowest BCUT2D eigenvalue weighted by Gasteiger charge is -2.48. The first-order chi connectivity index (χ1) is 12.8. The summed E-state index contributed by atoms with van der Waals surface area (Å²) in [5.41, 5.74) is 5.00. The topological polar surface area (TPSA) is 46.3 Å². The fourth-order valence-electron chi connectivity index (χ4n) is 4.66. The van der Waals surface area contributed by atoms with E-state index >= 15 is 0 Å². The molecule has 2 aliphatic heterocycles. The summed E-state index contributed by atoms with van der Waals surface area (Å²) >= 11 is 1.47. The van der Waals surface area contributed by atoms with Crippen LogP contribution in [0.15, 0.2) is 32.9 Å². The summed E-state index contributed by atoms with van der Waals surface area (Å²) in [6.45, 7) is 11.3. The molecule has 0 spiro atoms. The molecule has 0 radical (unpaired) electrons. The van der Waals surface area contributed by atoms with Crippen molar-refractivity contribution in [1.82, 2.24) is 4.98 Å². The molecule has 27 heavy (non-hydrogen) atoms. The molecule has 1 aromatic carbocycles. The van der Waals surface area contributed by atoms with Crippen LogP contribution in [0.3, 0.4) is 0 Å². The molecule has 5 heteroatoms. The predicted octanol–water partition coefficient (Wildman–Crippen LogP) is 5.09. The largest absolute Gasteiger partial charge is 0.422 e. The molecule has 140 valence electrons. The van der Waals surface area contributed by atoms with E-state index in [1.807, 2.05) is 11.4 Å². The van der Waals surface area contributed by atoms with Crippen LogP contribution in [0.4, 0.5) is 5.69 Å². The maximum atomic E-state index is 12.8. The third-order valence-corrected chi connectivity index (χ3v) is 7.20. The summed E-state index contributed by atoms with van der Waals surface area (Å²) in [4.78, 5) is 19.6. The van der Waals surface area contributed by atoms with E-state index in [1.165, 1.54) is 28.2 Å². The molecule has 5 rings (SSSR count). The minimum absolute atomic E-state index is 0.0217. The number of nitrogens with zero attached hydrogens (tertiary/aromatic N) is 2. The molecule has 0 N–H and O–H groups in total. The molecule has 0 fully saturated rings. The van der Waals surface area contributed by atoms with Gasteiger partial charge in [-0.15, -0.1) is 11.3 Å². The van der Waals surface area contributed by atoms with Crippen LogP contribution in [0.2, 0.25) is 0 Å². The minimum atomic E-state index is -0.295. The number of hydrogen-bond acceptors (Lipinski definition) is 5. The lowest BCUT2D eigenvalue weighted by molar-refractivity contribution is 0.398. The lowest BCUT2D eigenvalue weighted by Crippen LogP contribution is -2.44. The first-order valence-corrected chi connectivity index (χ1v) is 10.5. The summed E-state index contributed by atoms with van der Waals surface area (Å²) in [5, 5.41) is 3.62. The van der Waals surface area contributed by atoms with Gasteiger partial charge in [-0.3, -0.25) is 0 Å². The maximum absolute atomic E-state index is 12.8. The molecule has 0 saturated heterocycles. The molecule has 0 atom stereocenters. The van der Waals surface area contributed by atoms with Gasteiger partial charge in [-0.1, -0.05) is 27.7 Å². The molecule has 4 heterocycles. The Bertz CT molecular complexity index is 1110. The molecule has 0 bridgehead atoms. The third kappa shape index (κ3) is 2.40. The van der Waals surface area contributed by atoms with Crippen LogP contribution >= 0.6 is 11.3 Å². The Balaban J connectivity index is 1.91. The Morgan fingerprint density at radius 2 is 1.85 bits per heavy atom. The Kier molecular flexibility index (Phi) is 3.43. The summed E-state index contributed by atoms with van der Waals surface area (Å²) < 4.78 is 5.98. The van der Waals surface area contributed by atoms with Crippen molar-refractivity contribution < 1.29 is 4.42 Å². The highest BCUT2D eigenvalue weighted by Gasteiger charge is 2.41. The van der Waals surface area contributed by atoms with Crippen molar-refractivity contribution in [2.45, 2.75) is 51.4 Å². The molecule has 0 amide bonds. The molecule has 0 aliphatic carbocycles. The van der Waals surface area contributed by atoms with Crippen LogP contribution in [0.25, 0.3) is 21.5 Å². The zero-order valence-electron chi connectivity index (χ0n) is 16.3. The second kappa shape index (κ2) is 5.44. The highest BCUT2D eigenvalue weighted by Crippen LogP contribution is 2.51. The quantitative estimate of drug-likeness (QED) is 0.552. The van der Waals surface area contributed by atoms with Crippen molar-refractivity contribution in [3.63, 3.8) is 0 Å². The van der Waals surface area contributed by atoms with Crippen molar-refractivity contribution in [3.8, 4) is 10.6 Å². The average molecular weight is 381 g/mol. The lowest BCUT2D eigenvalue weighted by atomic mass is 9.69. The highest BCUT2D eigenvalue weighted by molar-refractivity contribution is 7.13. The summed E-state index contributed by atoms with van der Waals surface area (Å²) in [6, 6.07) is 4.23. The normalized spacial score (nSPS) is 19.9. The SMILES string of the molecule is CC1(C)CCN2CCC(C)(C)c3c2c1cc1cc(-c2nccs2)c(=O)oc31. The smallest absolute Gasteiger partial charge is 0.346 e. The fraction of sp³-hybridized carbons (Fsp3) is 0.455. The summed E-state index contributed by atoms with van der Waals surface area (Å²) in [6.07, 6.45) is 3.93. The zero-order chi connectivity index (χ0) is 19.0. The molecule has 2 aromatic heterocycles. The van der Waals surface area contributed by atoms with Crippen molar-refractivity contribution >= 4 is 28.0 Å². The van der Waals surface area contributed by atoms with Gasteiger partial charge < -0.3 is 9.32 Å². The van der Waals surface area contributed by atoms with Crippen molar-refractivity contribution in [2.24, 2.45) is 0 Å². The predicted molar refractivity (Wildman–Crippen MR) is 111 cm³/mol. The van der Waals surface area contributed by atoms with Gasteiger partial charge >= 0.3 is 5.63 Å². The number of aromatic nitrogens is 1. The van der Waals surface area contributed by atoms with Crippen LogP contribution in [0.1, 0.15) is 51.7 Å². The molecule has 2 aliphatic rings. The van der Waals surface area contributed by atoms with E-state index in [2.05, 4.69) is 43.6 Å². The number of hydrogen-bond donors (Lipinski definition) is 0. The highest BCUT2D eigenvalue weighted by atomic mass is 32.1. The Morgan fingerprint density at radius 3 is 2.56 bits per heavy atom. The first-order valence-electron chi connectivity index (χ1n) is 9.59. The second-order valence-electron chi connectivity index (χ2n) is 9.11. The molecule has 3 aromatic rings. The van der Waals surface area contributed by atoms with Crippen molar-refractivity contribution in [3.05, 3.63) is 45.3 Å². The number of benzene rings is 1. The van der Waals surface area contributed by atoms with E-state index in [9.17, 15) is 4.79 Å². The van der Waals surface area contributed by atoms with Crippen LogP contribution < -0.4 is 10.5 Å². The Labute approximate surface area is 162 Å². The standard InChI is InChI=1S/C22H24N2O2S/c1-21(2)5-8-24-9-6-22(3,4)16-17(24)15(21)12-13-11-14(19-23-7-10-27-19)20(25)26-18(13)16/h7,10-12H,5-6,8-9H2,1-4H3. The van der Waals surface area contributed by atoms with Crippen LogP contribution in [-0.4, -0.2) is 18.1 Å². The summed E-state index contributed by atoms with van der Waals surface area (Å²) in [7, 11) is 0. The summed E-state index contributed by atoms with van der Waals surface area (Å²) in [5.74, 6) is 0. The molecule has 0 saturated carbocycles. The molecular formula is C22H24N2O2S. The Hall–Kier alpha value is -2.14. The molecule has 4 nitrogen and oxygen atoms in total. The number of rotatable bonds is 1. The third-order valence-electron chi connectivity index (χ3n) is 6.39. The zero-order valence-corrected chi connectivity index (χ0v) is 17.1. The molecule has 0 unspecified atom stereocenters. The van der Waals surface area contributed by atoms with E-state index in [4.69, 9.17) is 4.42 Å². The first kappa shape index (κ1) is 17.0. The fourth-order valence-corrected chi connectivity index (χ4v) is 5.30. The average Bonchev–Trinajstić information content (AvgIpc) is 3.13. The van der Waals surface area contributed by atoms with Gasteiger partial charge in [0.05, 0.1) is 5.56 Å². The molecular weight excluding hydrogens is 356 g/mol. The van der Waals surface area contributed by atoms with Crippen molar-refractivity contribution in [1.29, 1.82) is 0 Å². The van der Waals surface area contributed by atoms with Gasteiger partial charge in [-0.2, -0.15) is 0 Å². The van der Waals surface area contributed by atoms with Gasteiger partial charge in [-0.25, -0.2) is 9.78 Å². The second-order valence-corrected chi connectivity index (χ2v) is 10.0. The van der Waals surface area contributed by atoms with E-state index < -0.39 is 0 Å². The van der Waals surface area contributed by atoms with E-state index in [0.29, 0.717) is 5.56 Å². The number of anilines is 1. The van der Waals surface area contributed by atoms with Gasteiger partial charge in [0.1, 0.15) is 10.6 Å². The van der Waals surface area contributed by atoms with Crippen LogP contribution in [-0.2, 0) is 10.8 Å². The number of thiazole rings is 1. The van der Waals surface area contributed by atoms with E-state index in [1.54, 1.807) is 6.20 Å². The van der Waals surface area contributed by atoms with Gasteiger partial charge in [0, 0.05) is 41.3 Å². The van der Waals surface area contributed by atoms with E-state index in [0.717, 1.165) is 41.9 Å². The van der Waals surface area contributed by atoms with Gasteiger partial charge in [0.25, 0.3) is 0 Å². The van der Waals surface area contributed by atoms with Crippen LogP contribution in [0, 0.1) is 0 Å². The minimum Gasteiger partial charge on any atom is -0.422 e. The van der Waals surface area contributed by atoms with Crippen LogP contribution in [0.5, 0.6) is 0 Å². The monoisotopic (exact) mass is 380 g/mol. The van der Waals surface area contributed by atoms with Gasteiger partial charge in [0.2, 0.25) is 0 Å². The van der Waals surface area contributed by atoms with E-state index in [-0.39, 0.29) is 16.5 Å². The number of fused-ring (bicyclic) bond motifs is 2. The van der Waals surface area contributed by atoms with Gasteiger partial charge in [0.15, 0.2) is 0 Å². The maximum Gasteiger partial charge on any atom is 0.346 e. The van der Waals surface area contributed by atoms with Gasteiger partial charge in [-0.05, 0) is 41.4 Å². The Morgan fingerprint density at radius 1 is 1.11 bits per heavy atom.